The SMILES string of the molecule is CCC(=O)O[C@H]1[C@H](C)O[C@@H](O[C@H]2[C@H](N(C)C)[C@@H](O)[C@H](OC3[C@@H](CC=O)C[C@@H](C)[C@@H](O)/C=C/C[C@@H](C)OC(=O)C[C@@H](OC(C)=O)[C@@H]3OC)O[C@@H]2C)C[C@@]1(C)O. The maximum atomic E-state index is 13.1. The first kappa shape index (κ1) is 45.8. The number of hydrogen-bond donors (Lipinski definition) is 3. The second kappa shape index (κ2) is 20.6. The minimum absolute atomic E-state index is 0.0403. The number of nitrogens with zero attached hydrogens (tertiary/aromatic N) is 1. The average molecular weight is 774 g/mol. The molecule has 0 aromatic heterocycles. The van der Waals surface area contributed by atoms with Gasteiger partial charge in [-0.2, -0.15) is 0 Å². The van der Waals surface area contributed by atoms with Gasteiger partial charge in [-0.05, 0) is 60.0 Å². The lowest BCUT2D eigenvalue weighted by Crippen LogP contribution is -2.66. The lowest BCUT2D eigenvalue weighted by atomic mass is 9.82. The van der Waals surface area contributed by atoms with Crippen molar-refractivity contribution in [2.45, 2.75) is 172 Å². The maximum absolute atomic E-state index is 13.1. The second-order valence-electron chi connectivity index (χ2n) is 15.3. The van der Waals surface area contributed by atoms with Crippen LogP contribution in [0, 0.1) is 11.8 Å². The van der Waals surface area contributed by atoms with E-state index in [0.29, 0.717) is 12.7 Å². The quantitative estimate of drug-likeness (QED) is 0.119. The Labute approximate surface area is 318 Å². The van der Waals surface area contributed by atoms with Crippen LogP contribution in [0.2, 0.25) is 0 Å². The van der Waals surface area contributed by atoms with Crippen LogP contribution >= 0.6 is 0 Å². The molecule has 0 saturated carbocycles. The summed E-state index contributed by atoms with van der Waals surface area (Å²) in [6.45, 7) is 11.3. The lowest BCUT2D eigenvalue weighted by Gasteiger charge is -2.50. The molecular weight excluding hydrogens is 710 g/mol. The topological polar surface area (TPSA) is 206 Å². The van der Waals surface area contributed by atoms with Gasteiger partial charge in [-0.15, -0.1) is 0 Å². The van der Waals surface area contributed by atoms with Crippen LogP contribution in [0.25, 0.3) is 0 Å². The Balaban J connectivity index is 1.98. The Hall–Kier alpha value is -2.54. The van der Waals surface area contributed by atoms with Gasteiger partial charge in [0.05, 0.1) is 36.9 Å². The van der Waals surface area contributed by atoms with Gasteiger partial charge in [-0.3, -0.25) is 14.4 Å². The van der Waals surface area contributed by atoms with E-state index in [2.05, 4.69) is 0 Å². The van der Waals surface area contributed by atoms with Gasteiger partial charge in [0.15, 0.2) is 18.7 Å². The lowest BCUT2D eigenvalue weighted by molar-refractivity contribution is -0.344. The number of likely N-dealkylation sites (N-methyl/N-ethyl adjacent to an activating group) is 1. The molecule has 310 valence electrons. The third-order valence-electron chi connectivity index (χ3n) is 10.4. The van der Waals surface area contributed by atoms with E-state index in [9.17, 15) is 34.5 Å². The number of aliphatic hydroxyl groups excluding tert-OH is 2. The number of esters is 3. The Kier molecular flexibility index (Phi) is 17.5. The first-order valence-corrected chi connectivity index (χ1v) is 18.9. The van der Waals surface area contributed by atoms with Crippen molar-refractivity contribution >= 4 is 24.2 Å². The van der Waals surface area contributed by atoms with Crippen molar-refractivity contribution in [2.24, 2.45) is 11.8 Å². The van der Waals surface area contributed by atoms with Gasteiger partial charge in [0.25, 0.3) is 0 Å². The molecule has 16 atom stereocenters. The first-order valence-electron chi connectivity index (χ1n) is 18.9. The van der Waals surface area contributed by atoms with Gasteiger partial charge < -0.3 is 62.9 Å². The van der Waals surface area contributed by atoms with E-state index in [4.69, 9.17) is 37.9 Å². The largest absolute Gasteiger partial charge is 0.462 e. The molecule has 0 aromatic carbocycles. The van der Waals surface area contributed by atoms with Crippen LogP contribution in [0.15, 0.2) is 12.2 Å². The minimum atomic E-state index is -1.48. The summed E-state index contributed by atoms with van der Waals surface area (Å²) in [6.07, 6.45) is -7.56. The highest BCUT2D eigenvalue weighted by Crippen LogP contribution is 2.37. The van der Waals surface area contributed by atoms with Gasteiger partial charge in [0, 0.05) is 39.7 Å². The standard InChI is InChI=1S/C38H63NO15/c1-11-28(43)52-36-23(5)49-30(19-38(36,7)46)53-33-22(4)50-37(32(45)31(33)39(8)9)54-34-25(15-16-40)17-20(2)26(42)14-12-13-21(3)48-29(44)18-27(35(34)47-10)51-24(6)41/h12,14,16,20-23,25-27,30-37,42,45-46H,11,13,15,17-19H2,1-10H3/b14-12+/t20-,21-,22-,23+,25+,26+,27-,30+,31-,32-,33-,34?,35+,36+,37+,38-/m1/s1. The van der Waals surface area contributed by atoms with Gasteiger partial charge in [0.2, 0.25) is 0 Å². The van der Waals surface area contributed by atoms with Crippen molar-refractivity contribution in [2.75, 3.05) is 21.2 Å². The highest BCUT2D eigenvalue weighted by molar-refractivity contribution is 5.72. The van der Waals surface area contributed by atoms with Crippen LogP contribution < -0.4 is 0 Å². The molecule has 0 radical (unpaired) electrons. The number of methoxy groups -OCH3 is 1. The normalized spacial score (nSPS) is 42.0. The van der Waals surface area contributed by atoms with Gasteiger partial charge in [0.1, 0.15) is 42.4 Å². The minimum Gasteiger partial charge on any atom is -0.462 e. The summed E-state index contributed by atoms with van der Waals surface area (Å²) in [5, 5.41) is 34.3. The number of ether oxygens (including phenoxy) is 8. The zero-order valence-electron chi connectivity index (χ0n) is 33.3. The number of cyclic esters (lactones) is 1. The third-order valence-corrected chi connectivity index (χ3v) is 10.4. The fraction of sp³-hybridized carbons (Fsp3) is 0.842. The smallest absolute Gasteiger partial charge is 0.309 e. The molecule has 2 saturated heterocycles. The predicted molar refractivity (Wildman–Crippen MR) is 192 cm³/mol. The van der Waals surface area contributed by atoms with E-state index in [1.165, 1.54) is 14.0 Å². The molecule has 1 unspecified atom stereocenters. The molecule has 0 aromatic rings. The fourth-order valence-electron chi connectivity index (χ4n) is 7.66. The van der Waals surface area contributed by atoms with E-state index < -0.39 is 109 Å². The maximum Gasteiger partial charge on any atom is 0.309 e. The van der Waals surface area contributed by atoms with Crippen LogP contribution in [0.3, 0.4) is 0 Å². The Morgan fingerprint density at radius 3 is 2.30 bits per heavy atom. The molecule has 0 amide bonds. The van der Waals surface area contributed by atoms with Crippen LogP contribution in [-0.2, 0) is 57.1 Å². The highest BCUT2D eigenvalue weighted by atomic mass is 16.7. The average Bonchev–Trinajstić information content (AvgIpc) is 3.06. The van der Waals surface area contributed by atoms with E-state index in [1.807, 2.05) is 6.92 Å². The molecule has 2 fully saturated rings. The molecule has 3 heterocycles. The first-order chi connectivity index (χ1) is 25.3. The molecule has 3 aliphatic heterocycles. The summed E-state index contributed by atoms with van der Waals surface area (Å²) in [7, 11) is 4.85. The number of rotatable bonds is 11. The number of carbonyl (C=O) groups excluding carboxylic acids is 4. The molecule has 0 bridgehead atoms. The van der Waals surface area contributed by atoms with E-state index >= 15 is 0 Å². The predicted octanol–water partition coefficient (Wildman–Crippen LogP) is 1.82. The van der Waals surface area contributed by atoms with Gasteiger partial charge >= 0.3 is 17.9 Å². The summed E-state index contributed by atoms with van der Waals surface area (Å²) < 4.78 is 48.0. The van der Waals surface area contributed by atoms with E-state index in [-0.39, 0.29) is 38.0 Å². The van der Waals surface area contributed by atoms with Crippen molar-refractivity contribution in [3.8, 4) is 0 Å². The monoisotopic (exact) mass is 773 g/mol. The highest BCUT2D eigenvalue weighted by Gasteiger charge is 2.53. The third kappa shape index (κ3) is 12.2. The molecular formula is C38H63NO15. The molecule has 3 rings (SSSR count). The Morgan fingerprint density at radius 1 is 1.04 bits per heavy atom. The summed E-state index contributed by atoms with van der Waals surface area (Å²) in [6, 6.07) is -0.770. The Morgan fingerprint density at radius 2 is 1.72 bits per heavy atom. The van der Waals surface area contributed by atoms with Crippen LogP contribution in [0.1, 0.15) is 87.0 Å². The molecule has 3 N–H and O–H groups in total. The molecule has 3 aliphatic rings. The summed E-state index contributed by atoms with van der Waals surface area (Å²) in [5.41, 5.74) is -1.48. The molecule has 16 nitrogen and oxygen atoms in total. The van der Waals surface area contributed by atoms with Crippen molar-refractivity contribution in [3.05, 3.63) is 12.2 Å². The van der Waals surface area contributed by atoms with Gasteiger partial charge in [-0.1, -0.05) is 26.0 Å². The number of aldehydes is 1. The molecule has 0 spiro atoms. The molecule has 0 aliphatic carbocycles. The molecule has 16 heteroatoms. The summed E-state index contributed by atoms with van der Waals surface area (Å²) in [4.78, 5) is 51.5. The van der Waals surface area contributed by atoms with Crippen LogP contribution in [0.5, 0.6) is 0 Å². The zero-order chi connectivity index (χ0) is 40.5. The van der Waals surface area contributed by atoms with Crippen LogP contribution in [-0.4, -0.2) is 151 Å². The van der Waals surface area contributed by atoms with Crippen molar-refractivity contribution in [3.63, 3.8) is 0 Å². The van der Waals surface area contributed by atoms with Gasteiger partial charge in [-0.25, -0.2) is 0 Å². The summed E-state index contributed by atoms with van der Waals surface area (Å²) in [5.74, 6) is -2.88. The fourth-order valence-corrected chi connectivity index (χ4v) is 7.66. The zero-order valence-corrected chi connectivity index (χ0v) is 33.3. The van der Waals surface area contributed by atoms with Crippen LogP contribution in [0.4, 0.5) is 0 Å². The Bertz CT molecular complexity index is 1260. The van der Waals surface area contributed by atoms with Crippen molar-refractivity contribution in [1.29, 1.82) is 0 Å². The molecule has 54 heavy (non-hydrogen) atoms. The number of hydrogen-bond acceptors (Lipinski definition) is 16. The number of aliphatic hydroxyl groups is 3. The van der Waals surface area contributed by atoms with E-state index in [0.717, 1.165) is 0 Å². The van der Waals surface area contributed by atoms with Crippen molar-refractivity contribution in [1.82, 2.24) is 4.90 Å². The number of carbonyl (C=O) groups is 4. The second-order valence-corrected chi connectivity index (χ2v) is 15.3. The van der Waals surface area contributed by atoms with E-state index in [1.54, 1.807) is 65.8 Å². The summed E-state index contributed by atoms with van der Waals surface area (Å²) >= 11 is 0. The van der Waals surface area contributed by atoms with Crippen molar-refractivity contribution < 1.29 is 72.4 Å².